The third-order valence-corrected chi connectivity index (χ3v) is 4.44. The summed E-state index contributed by atoms with van der Waals surface area (Å²) in [7, 11) is 0. The van der Waals surface area contributed by atoms with E-state index in [-0.39, 0.29) is 6.03 Å². The van der Waals surface area contributed by atoms with Crippen molar-refractivity contribution < 1.29 is 4.79 Å². The first-order chi connectivity index (χ1) is 9.34. The molecular formula is C15H21N3O. The van der Waals surface area contributed by atoms with Crippen LogP contribution in [0.1, 0.15) is 38.5 Å². The number of anilines is 1. The summed E-state index contributed by atoms with van der Waals surface area (Å²) in [6, 6.07) is 4.18. The Kier molecular flexibility index (Phi) is 3.67. The molecule has 3 rings (SSSR count). The van der Waals surface area contributed by atoms with Gasteiger partial charge in [-0.3, -0.25) is 4.98 Å². The summed E-state index contributed by atoms with van der Waals surface area (Å²) < 4.78 is 0. The van der Waals surface area contributed by atoms with Gasteiger partial charge in [0.2, 0.25) is 0 Å². The number of nitrogens with zero attached hydrogens (tertiary/aromatic N) is 2. The Morgan fingerprint density at radius 3 is 2.63 bits per heavy atom. The van der Waals surface area contributed by atoms with Crippen molar-refractivity contribution in [3.63, 3.8) is 0 Å². The molecule has 1 aromatic rings. The highest BCUT2D eigenvalue weighted by atomic mass is 16.2. The minimum atomic E-state index is 0.0561. The van der Waals surface area contributed by atoms with Crippen molar-refractivity contribution >= 4 is 11.7 Å². The molecule has 2 heterocycles. The second-order valence-electron chi connectivity index (χ2n) is 5.61. The van der Waals surface area contributed by atoms with E-state index in [9.17, 15) is 4.79 Å². The number of pyridine rings is 1. The summed E-state index contributed by atoms with van der Waals surface area (Å²) in [4.78, 5) is 18.4. The number of rotatable bonds is 2. The molecule has 1 saturated heterocycles. The number of aromatic nitrogens is 1. The highest BCUT2D eigenvalue weighted by Gasteiger charge is 2.35. The molecule has 0 bridgehead atoms. The zero-order chi connectivity index (χ0) is 13.1. The van der Waals surface area contributed by atoms with Gasteiger partial charge in [0.1, 0.15) is 0 Å². The van der Waals surface area contributed by atoms with E-state index >= 15 is 0 Å². The molecule has 1 atom stereocenters. The number of hydrogen-bond donors (Lipinski definition) is 1. The zero-order valence-electron chi connectivity index (χ0n) is 11.2. The maximum absolute atomic E-state index is 12.4. The topological polar surface area (TPSA) is 45.2 Å². The zero-order valence-corrected chi connectivity index (χ0v) is 11.2. The third-order valence-electron chi connectivity index (χ3n) is 4.44. The Labute approximate surface area is 114 Å². The van der Waals surface area contributed by atoms with Gasteiger partial charge in [-0.2, -0.15) is 0 Å². The fraction of sp³-hybridized carbons (Fsp3) is 0.600. The average Bonchev–Trinajstić information content (AvgIpc) is 3.10. The first kappa shape index (κ1) is 12.5. The van der Waals surface area contributed by atoms with Crippen molar-refractivity contribution in [3.8, 4) is 0 Å². The summed E-state index contributed by atoms with van der Waals surface area (Å²) in [6.45, 7) is 0.901. The van der Waals surface area contributed by atoms with E-state index in [0.717, 1.165) is 24.6 Å². The van der Waals surface area contributed by atoms with Crippen molar-refractivity contribution in [2.45, 2.75) is 44.6 Å². The number of carbonyl (C=O) groups is 1. The number of hydrogen-bond acceptors (Lipinski definition) is 2. The lowest BCUT2D eigenvalue weighted by atomic mass is 9.96. The van der Waals surface area contributed by atoms with Crippen LogP contribution in [-0.4, -0.2) is 28.5 Å². The van der Waals surface area contributed by atoms with Gasteiger partial charge in [-0.1, -0.05) is 12.8 Å². The van der Waals surface area contributed by atoms with Gasteiger partial charge in [0.05, 0.1) is 0 Å². The predicted octanol–water partition coefficient (Wildman–Crippen LogP) is 3.27. The molecule has 2 aliphatic rings. The molecule has 1 aliphatic carbocycles. The molecule has 0 radical (unpaired) electrons. The summed E-state index contributed by atoms with van der Waals surface area (Å²) in [5.74, 6) is 0.727. The van der Waals surface area contributed by atoms with Crippen LogP contribution in [0.3, 0.4) is 0 Å². The van der Waals surface area contributed by atoms with Crippen molar-refractivity contribution in [1.82, 2.24) is 9.88 Å². The van der Waals surface area contributed by atoms with Crippen LogP contribution >= 0.6 is 0 Å². The lowest BCUT2D eigenvalue weighted by Crippen LogP contribution is -2.41. The van der Waals surface area contributed by atoms with E-state index < -0.39 is 0 Å². The molecule has 1 N–H and O–H groups in total. The van der Waals surface area contributed by atoms with E-state index in [1.165, 1.54) is 32.1 Å². The summed E-state index contributed by atoms with van der Waals surface area (Å²) in [5, 5.41) is 2.98. The number of likely N-dealkylation sites (tertiary alicyclic amines) is 1. The molecule has 0 aromatic carbocycles. The molecule has 1 unspecified atom stereocenters. The molecule has 4 nitrogen and oxygen atoms in total. The molecule has 1 aromatic heterocycles. The largest absolute Gasteiger partial charge is 0.322 e. The fourth-order valence-electron chi connectivity index (χ4n) is 3.51. The van der Waals surface area contributed by atoms with E-state index in [1.54, 1.807) is 12.4 Å². The Morgan fingerprint density at radius 1 is 1.16 bits per heavy atom. The minimum Gasteiger partial charge on any atom is -0.321 e. The predicted molar refractivity (Wildman–Crippen MR) is 74.9 cm³/mol. The lowest BCUT2D eigenvalue weighted by molar-refractivity contribution is 0.185. The van der Waals surface area contributed by atoms with Gasteiger partial charge >= 0.3 is 6.03 Å². The smallest absolute Gasteiger partial charge is 0.321 e. The number of nitrogens with one attached hydrogen (secondary N) is 1. The summed E-state index contributed by atoms with van der Waals surface area (Å²) >= 11 is 0. The lowest BCUT2D eigenvalue weighted by Gasteiger charge is -2.29. The van der Waals surface area contributed by atoms with E-state index in [2.05, 4.69) is 15.2 Å². The molecule has 19 heavy (non-hydrogen) atoms. The van der Waals surface area contributed by atoms with Gasteiger partial charge in [-0.05, 0) is 43.7 Å². The first-order valence-corrected chi connectivity index (χ1v) is 7.32. The molecule has 1 saturated carbocycles. The summed E-state index contributed by atoms with van der Waals surface area (Å²) in [6.07, 6.45) is 11.0. The van der Waals surface area contributed by atoms with E-state index in [1.807, 2.05) is 12.1 Å². The van der Waals surface area contributed by atoms with Crippen molar-refractivity contribution in [2.75, 3.05) is 11.9 Å². The third kappa shape index (κ3) is 2.72. The van der Waals surface area contributed by atoms with Crippen LogP contribution in [0.2, 0.25) is 0 Å². The maximum Gasteiger partial charge on any atom is 0.322 e. The molecule has 0 spiro atoms. The monoisotopic (exact) mass is 259 g/mol. The minimum absolute atomic E-state index is 0.0561. The second-order valence-corrected chi connectivity index (χ2v) is 5.61. The molecule has 2 fully saturated rings. The Hall–Kier alpha value is -1.58. The Morgan fingerprint density at radius 2 is 1.89 bits per heavy atom. The Balaban J connectivity index is 1.65. The SMILES string of the molecule is O=C(Nc1ccncc1)N1CCCC1C1CCCC1. The number of urea groups is 1. The van der Waals surface area contributed by atoms with Crippen LogP contribution in [0.25, 0.3) is 0 Å². The van der Waals surface area contributed by atoms with Gasteiger partial charge in [0, 0.05) is 30.7 Å². The molecular weight excluding hydrogens is 238 g/mol. The van der Waals surface area contributed by atoms with Crippen LogP contribution in [0.4, 0.5) is 10.5 Å². The fourth-order valence-corrected chi connectivity index (χ4v) is 3.51. The average molecular weight is 259 g/mol. The van der Waals surface area contributed by atoms with Crippen LogP contribution < -0.4 is 5.32 Å². The quantitative estimate of drug-likeness (QED) is 0.886. The second kappa shape index (κ2) is 5.59. The van der Waals surface area contributed by atoms with Gasteiger partial charge in [-0.25, -0.2) is 4.79 Å². The summed E-state index contributed by atoms with van der Waals surface area (Å²) in [5.41, 5.74) is 0.831. The standard InChI is InChI=1S/C15H21N3O/c19-15(17-13-7-9-16-10-8-13)18-11-3-6-14(18)12-4-1-2-5-12/h7-10,12,14H,1-6,11H2,(H,16,17,19). The van der Waals surface area contributed by atoms with Gasteiger partial charge in [-0.15, -0.1) is 0 Å². The molecule has 102 valence electrons. The van der Waals surface area contributed by atoms with Gasteiger partial charge in [0.15, 0.2) is 0 Å². The van der Waals surface area contributed by atoms with Crippen molar-refractivity contribution in [1.29, 1.82) is 0 Å². The van der Waals surface area contributed by atoms with Crippen LogP contribution in [0.5, 0.6) is 0 Å². The molecule has 1 aliphatic heterocycles. The maximum atomic E-state index is 12.4. The molecule has 2 amide bonds. The van der Waals surface area contributed by atoms with Gasteiger partial charge in [0.25, 0.3) is 0 Å². The van der Waals surface area contributed by atoms with Crippen molar-refractivity contribution in [3.05, 3.63) is 24.5 Å². The highest BCUT2D eigenvalue weighted by Crippen LogP contribution is 2.35. The van der Waals surface area contributed by atoms with Crippen LogP contribution in [0, 0.1) is 5.92 Å². The normalized spacial score (nSPS) is 23.8. The molecule has 4 heteroatoms. The van der Waals surface area contributed by atoms with Crippen molar-refractivity contribution in [2.24, 2.45) is 5.92 Å². The van der Waals surface area contributed by atoms with Gasteiger partial charge < -0.3 is 10.2 Å². The number of amides is 2. The highest BCUT2D eigenvalue weighted by molar-refractivity contribution is 5.89. The van der Waals surface area contributed by atoms with Crippen LogP contribution in [-0.2, 0) is 0 Å². The first-order valence-electron chi connectivity index (χ1n) is 7.32. The number of carbonyl (C=O) groups excluding carboxylic acids is 1. The van der Waals surface area contributed by atoms with Crippen LogP contribution in [0.15, 0.2) is 24.5 Å². The Bertz CT molecular complexity index is 428. The van der Waals surface area contributed by atoms with E-state index in [4.69, 9.17) is 0 Å². The van der Waals surface area contributed by atoms with E-state index in [0.29, 0.717) is 6.04 Å².